The molecule has 0 saturated heterocycles. The van der Waals surface area contributed by atoms with Crippen LogP contribution in [-0.4, -0.2) is 16.3 Å². The lowest BCUT2D eigenvalue weighted by Crippen LogP contribution is -2.20. The van der Waals surface area contributed by atoms with Gasteiger partial charge in [-0.2, -0.15) is 5.10 Å². The molecule has 0 spiro atoms. The van der Waals surface area contributed by atoms with Crippen molar-refractivity contribution in [2.75, 3.05) is 11.9 Å². The van der Waals surface area contributed by atoms with Gasteiger partial charge in [-0.3, -0.25) is 4.68 Å². The van der Waals surface area contributed by atoms with Crippen LogP contribution in [0.2, 0.25) is 0 Å². The molecule has 0 fully saturated rings. The lowest BCUT2D eigenvalue weighted by atomic mass is 10.1. The Morgan fingerprint density at radius 1 is 1.29 bits per heavy atom. The van der Waals surface area contributed by atoms with Gasteiger partial charge in [0.1, 0.15) is 0 Å². The zero-order chi connectivity index (χ0) is 15.6. The molecule has 0 radical (unpaired) electrons. The maximum Gasteiger partial charge on any atom is 0.0667 e. The molecular weight excluding hydrogens is 328 g/mol. The fraction of sp³-hybridized carbons (Fsp3) is 0.438. The molecule has 3 N–H and O–H groups in total. The molecule has 0 aliphatic rings. The van der Waals surface area contributed by atoms with Crippen molar-refractivity contribution in [3.63, 3.8) is 0 Å². The molecule has 4 nitrogen and oxygen atoms in total. The zero-order valence-corrected chi connectivity index (χ0v) is 14.6. The van der Waals surface area contributed by atoms with Crippen LogP contribution in [0.15, 0.2) is 29.0 Å². The normalized spacial score (nSPS) is 12.7. The minimum absolute atomic E-state index is 0.0671. The molecule has 0 amide bonds. The molecule has 2 aromatic rings. The number of hydrogen-bond acceptors (Lipinski definition) is 3. The highest BCUT2D eigenvalue weighted by Crippen LogP contribution is 2.27. The Hall–Kier alpha value is -1.33. The second-order valence-electron chi connectivity index (χ2n) is 5.70. The van der Waals surface area contributed by atoms with Gasteiger partial charge in [-0.1, -0.05) is 15.9 Å². The number of nitrogens with zero attached hydrogens (tertiary/aromatic N) is 2. The van der Waals surface area contributed by atoms with Gasteiger partial charge >= 0.3 is 0 Å². The maximum atomic E-state index is 5.94. The molecule has 21 heavy (non-hydrogen) atoms. The second-order valence-corrected chi connectivity index (χ2v) is 6.50. The predicted molar refractivity (Wildman–Crippen MR) is 91.6 cm³/mol. The standard InChI is InChI=1S/C16H23BrN4/c1-10(2)21-9-13(8-19-21)15(7-18)20-14-5-11(3)16(17)12(4)6-14/h5-6,8-10,15,20H,7,18H2,1-4H3. The topological polar surface area (TPSA) is 55.9 Å². The Balaban J connectivity index is 2.22. The molecule has 2 rings (SSSR count). The SMILES string of the molecule is Cc1cc(NC(CN)c2cnn(C(C)C)c2)cc(C)c1Br. The van der Waals surface area contributed by atoms with Crippen LogP contribution in [0.25, 0.3) is 0 Å². The van der Waals surface area contributed by atoms with Crippen LogP contribution in [0.5, 0.6) is 0 Å². The summed E-state index contributed by atoms with van der Waals surface area (Å²) in [5.41, 5.74) is 10.6. The summed E-state index contributed by atoms with van der Waals surface area (Å²) in [7, 11) is 0. The quantitative estimate of drug-likeness (QED) is 0.857. The summed E-state index contributed by atoms with van der Waals surface area (Å²) < 4.78 is 3.11. The molecule has 1 aromatic carbocycles. The van der Waals surface area contributed by atoms with Gasteiger partial charge in [0, 0.05) is 34.5 Å². The summed E-state index contributed by atoms with van der Waals surface area (Å²) >= 11 is 3.59. The van der Waals surface area contributed by atoms with Gasteiger partial charge in [0.15, 0.2) is 0 Å². The number of halogens is 1. The van der Waals surface area contributed by atoms with Crippen LogP contribution in [0.1, 0.15) is 42.6 Å². The maximum absolute atomic E-state index is 5.94. The highest BCUT2D eigenvalue weighted by molar-refractivity contribution is 9.10. The van der Waals surface area contributed by atoms with E-state index in [9.17, 15) is 0 Å². The fourth-order valence-electron chi connectivity index (χ4n) is 2.32. The first-order chi connectivity index (χ1) is 9.92. The Bertz CT molecular complexity index is 595. The van der Waals surface area contributed by atoms with Gasteiger partial charge in [-0.15, -0.1) is 0 Å². The smallest absolute Gasteiger partial charge is 0.0667 e. The molecule has 0 aliphatic carbocycles. The molecule has 1 unspecified atom stereocenters. The van der Waals surface area contributed by atoms with Gasteiger partial charge in [0.25, 0.3) is 0 Å². The number of aryl methyl sites for hydroxylation is 2. The third kappa shape index (κ3) is 3.66. The van der Waals surface area contributed by atoms with Crippen LogP contribution in [0, 0.1) is 13.8 Å². The summed E-state index contributed by atoms with van der Waals surface area (Å²) in [6.07, 6.45) is 3.96. The number of nitrogens with two attached hydrogens (primary N) is 1. The minimum atomic E-state index is 0.0671. The van der Waals surface area contributed by atoms with Gasteiger partial charge in [-0.05, 0) is 51.0 Å². The first-order valence-corrected chi connectivity index (χ1v) is 7.99. The van der Waals surface area contributed by atoms with E-state index >= 15 is 0 Å². The highest BCUT2D eigenvalue weighted by Gasteiger charge is 2.13. The largest absolute Gasteiger partial charge is 0.377 e. The van der Waals surface area contributed by atoms with E-state index in [1.54, 1.807) is 0 Å². The minimum Gasteiger partial charge on any atom is -0.377 e. The summed E-state index contributed by atoms with van der Waals surface area (Å²) in [4.78, 5) is 0. The molecule has 0 bridgehead atoms. The van der Waals surface area contributed by atoms with Gasteiger partial charge in [-0.25, -0.2) is 0 Å². The fourth-order valence-corrected chi connectivity index (χ4v) is 2.55. The third-order valence-corrected chi connectivity index (χ3v) is 4.82. The van der Waals surface area contributed by atoms with Gasteiger partial charge in [0.2, 0.25) is 0 Å². The van der Waals surface area contributed by atoms with E-state index in [2.05, 4.69) is 72.4 Å². The van der Waals surface area contributed by atoms with Crippen molar-refractivity contribution >= 4 is 21.6 Å². The summed E-state index contributed by atoms with van der Waals surface area (Å²) in [6, 6.07) is 4.69. The van der Waals surface area contributed by atoms with Crippen molar-refractivity contribution in [2.45, 2.75) is 39.8 Å². The average Bonchev–Trinajstić information content (AvgIpc) is 2.91. The van der Waals surface area contributed by atoms with Gasteiger partial charge in [0.05, 0.1) is 12.2 Å². The van der Waals surface area contributed by atoms with E-state index in [4.69, 9.17) is 5.73 Å². The molecule has 1 atom stereocenters. The first kappa shape index (κ1) is 16.0. The van der Waals surface area contributed by atoms with Crippen molar-refractivity contribution in [1.82, 2.24) is 9.78 Å². The van der Waals surface area contributed by atoms with E-state index in [1.807, 2.05) is 10.9 Å². The number of anilines is 1. The van der Waals surface area contributed by atoms with Crippen molar-refractivity contribution < 1.29 is 0 Å². The van der Waals surface area contributed by atoms with Crippen molar-refractivity contribution in [3.05, 3.63) is 45.7 Å². The summed E-state index contributed by atoms with van der Waals surface area (Å²) in [5.74, 6) is 0. The third-order valence-electron chi connectivity index (χ3n) is 3.57. The second kappa shape index (κ2) is 6.62. The number of benzene rings is 1. The Morgan fingerprint density at radius 2 is 1.90 bits per heavy atom. The highest BCUT2D eigenvalue weighted by atomic mass is 79.9. The molecule has 114 valence electrons. The Labute approximate surface area is 134 Å². The predicted octanol–water partition coefficient (Wildman–Crippen LogP) is 3.96. The van der Waals surface area contributed by atoms with E-state index < -0.39 is 0 Å². The monoisotopic (exact) mass is 350 g/mol. The molecule has 0 saturated carbocycles. The first-order valence-electron chi connectivity index (χ1n) is 7.19. The van der Waals surface area contributed by atoms with Crippen LogP contribution < -0.4 is 11.1 Å². The summed E-state index contributed by atoms with van der Waals surface area (Å²) in [6.45, 7) is 8.94. The molecule has 1 aromatic heterocycles. The van der Waals surface area contributed by atoms with Crippen molar-refractivity contribution in [1.29, 1.82) is 0 Å². The molecule has 0 aliphatic heterocycles. The number of rotatable bonds is 5. The van der Waals surface area contributed by atoms with Gasteiger partial charge < -0.3 is 11.1 Å². The van der Waals surface area contributed by atoms with Crippen LogP contribution in [-0.2, 0) is 0 Å². The van der Waals surface area contributed by atoms with E-state index in [1.165, 1.54) is 11.1 Å². The van der Waals surface area contributed by atoms with Crippen LogP contribution >= 0.6 is 15.9 Å². The van der Waals surface area contributed by atoms with E-state index in [-0.39, 0.29) is 6.04 Å². The van der Waals surface area contributed by atoms with Crippen molar-refractivity contribution in [3.8, 4) is 0 Å². The lowest BCUT2D eigenvalue weighted by molar-refractivity contribution is 0.531. The lowest BCUT2D eigenvalue weighted by Gasteiger charge is -2.18. The Morgan fingerprint density at radius 3 is 2.38 bits per heavy atom. The average molecular weight is 351 g/mol. The number of nitrogens with one attached hydrogen (secondary N) is 1. The van der Waals surface area contributed by atoms with Crippen molar-refractivity contribution in [2.24, 2.45) is 5.73 Å². The van der Waals surface area contributed by atoms with Crippen LogP contribution in [0.4, 0.5) is 5.69 Å². The van der Waals surface area contributed by atoms with E-state index in [0.29, 0.717) is 12.6 Å². The molecule has 5 heteroatoms. The molecular formula is C16H23BrN4. The summed E-state index contributed by atoms with van der Waals surface area (Å²) in [5, 5.41) is 7.90. The number of aromatic nitrogens is 2. The Kier molecular flexibility index (Phi) is 5.06. The number of hydrogen-bond donors (Lipinski definition) is 2. The molecule has 1 heterocycles. The van der Waals surface area contributed by atoms with E-state index in [0.717, 1.165) is 15.7 Å². The zero-order valence-electron chi connectivity index (χ0n) is 13.0. The van der Waals surface area contributed by atoms with Crippen LogP contribution in [0.3, 0.4) is 0 Å².